The molecule has 152 valence electrons. The second kappa shape index (κ2) is 6.81. The maximum absolute atomic E-state index is 12.8. The molecule has 2 aromatic rings. The third-order valence-corrected chi connectivity index (χ3v) is 5.22. The molecule has 1 saturated heterocycles. The molecule has 1 fully saturated rings. The minimum atomic E-state index is -1.31. The van der Waals surface area contributed by atoms with Crippen LogP contribution in [0.15, 0.2) is 48.5 Å². The first-order chi connectivity index (χ1) is 14.0. The molecule has 29 heavy (non-hydrogen) atoms. The zero-order valence-corrected chi connectivity index (χ0v) is 17.6. The molecule has 1 N–H and O–H groups in total. The van der Waals surface area contributed by atoms with Crippen LogP contribution in [0.1, 0.15) is 60.1 Å². The first-order valence-electron chi connectivity index (χ1n) is 10.3. The number of carbonyl (C=O) groups is 1. The number of para-hydroxylation sites is 2. The van der Waals surface area contributed by atoms with Crippen molar-refractivity contribution < 1.29 is 16.0 Å². The number of aliphatic carboxylic acids is 1. The standard InChI is InChI=1S/C24H28N2O3/c1-22(2,3)24(21(27)28)20(17-13-11-16(15-25)12-14-17)26(24)18-9-7-8-10-19(18)29-23(4,5)6/h7-14,20H,1-6H3,(H,27,28)/t20-,24-,26?/m0/s1/i1D. The molecule has 0 spiro atoms. The molecule has 0 amide bonds. The summed E-state index contributed by atoms with van der Waals surface area (Å²) < 4.78 is 14.2. The molecule has 2 atom stereocenters. The maximum Gasteiger partial charge on any atom is 0.332 e. The van der Waals surface area contributed by atoms with E-state index in [1.54, 1.807) is 24.3 Å². The van der Waals surface area contributed by atoms with Gasteiger partial charge in [-0.05, 0) is 56.0 Å². The van der Waals surface area contributed by atoms with E-state index in [9.17, 15) is 9.90 Å². The third-order valence-electron chi connectivity index (χ3n) is 5.22. The van der Waals surface area contributed by atoms with Crippen LogP contribution in [0.3, 0.4) is 0 Å². The minimum absolute atomic E-state index is 0.0507. The first kappa shape index (κ1) is 19.3. The van der Waals surface area contributed by atoms with E-state index in [-0.39, 0.29) is 6.90 Å². The second-order valence-electron chi connectivity index (χ2n) is 9.14. The molecular formula is C24H28N2O3. The van der Waals surface area contributed by atoms with Gasteiger partial charge < -0.3 is 14.7 Å². The van der Waals surface area contributed by atoms with Crippen LogP contribution >= 0.6 is 0 Å². The molecule has 5 heteroatoms. The van der Waals surface area contributed by atoms with Gasteiger partial charge in [0, 0.05) is 1.37 Å². The number of rotatable bonds is 4. The number of hydrogen-bond donors (Lipinski definition) is 1. The highest BCUT2D eigenvalue weighted by Gasteiger charge is 2.74. The van der Waals surface area contributed by atoms with Crippen LogP contribution < -0.4 is 9.64 Å². The highest BCUT2D eigenvalue weighted by molar-refractivity contribution is 5.95. The van der Waals surface area contributed by atoms with Gasteiger partial charge in [-0.3, -0.25) is 0 Å². The van der Waals surface area contributed by atoms with Crippen LogP contribution in [0.5, 0.6) is 5.75 Å². The van der Waals surface area contributed by atoms with Gasteiger partial charge in [0.1, 0.15) is 11.4 Å². The predicted molar refractivity (Wildman–Crippen MR) is 113 cm³/mol. The van der Waals surface area contributed by atoms with Gasteiger partial charge in [0.15, 0.2) is 5.54 Å². The Morgan fingerprint density at radius 2 is 1.79 bits per heavy atom. The zero-order valence-electron chi connectivity index (χ0n) is 18.6. The fourth-order valence-electron chi connectivity index (χ4n) is 4.03. The highest BCUT2D eigenvalue weighted by Crippen LogP contribution is 2.65. The Morgan fingerprint density at radius 1 is 1.17 bits per heavy atom. The number of benzene rings is 2. The quantitative estimate of drug-likeness (QED) is 0.726. The van der Waals surface area contributed by atoms with Crippen molar-refractivity contribution in [3.63, 3.8) is 0 Å². The molecule has 0 radical (unpaired) electrons. The number of nitrogens with zero attached hydrogens (tertiary/aromatic N) is 2. The summed E-state index contributed by atoms with van der Waals surface area (Å²) in [5.41, 5.74) is -0.600. The van der Waals surface area contributed by atoms with Crippen molar-refractivity contribution in [3.8, 4) is 11.8 Å². The van der Waals surface area contributed by atoms with Gasteiger partial charge in [-0.15, -0.1) is 0 Å². The average molecular weight is 394 g/mol. The second-order valence-corrected chi connectivity index (χ2v) is 9.14. The fourth-order valence-corrected chi connectivity index (χ4v) is 4.03. The number of nitriles is 1. The van der Waals surface area contributed by atoms with Gasteiger partial charge in [-0.1, -0.05) is 45.0 Å². The summed E-state index contributed by atoms with van der Waals surface area (Å²) in [5.74, 6) is -0.368. The molecule has 1 aliphatic heterocycles. The van der Waals surface area contributed by atoms with E-state index in [0.29, 0.717) is 17.0 Å². The number of anilines is 1. The van der Waals surface area contributed by atoms with E-state index in [1.807, 2.05) is 63.8 Å². The lowest BCUT2D eigenvalue weighted by molar-refractivity contribution is -0.142. The summed E-state index contributed by atoms with van der Waals surface area (Å²) in [4.78, 5) is 14.6. The lowest BCUT2D eigenvalue weighted by Gasteiger charge is -2.29. The smallest absolute Gasteiger partial charge is 0.332 e. The molecule has 2 aromatic carbocycles. The lowest BCUT2D eigenvalue weighted by atomic mass is 9.76. The van der Waals surface area contributed by atoms with E-state index < -0.39 is 28.6 Å². The van der Waals surface area contributed by atoms with E-state index in [2.05, 4.69) is 6.07 Å². The van der Waals surface area contributed by atoms with Crippen molar-refractivity contribution in [2.45, 2.75) is 58.7 Å². The van der Waals surface area contributed by atoms with Crippen molar-refractivity contribution in [1.29, 1.82) is 5.26 Å². The summed E-state index contributed by atoms with van der Waals surface area (Å²) in [6, 6.07) is 16.0. The van der Waals surface area contributed by atoms with Gasteiger partial charge in [0.2, 0.25) is 0 Å². The molecular weight excluding hydrogens is 364 g/mol. The molecule has 0 aromatic heterocycles. The van der Waals surface area contributed by atoms with E-state index in [4.69, 9.17) is 11.4 Å². The first-order valence-corrected chi connectivity index (χ1v) is 9.59. The largest absolute Gasteiger partial charge is 0.486 e. The molecule has 0 aliphatic carbocycles. The van der Waals surface area contributed by atoms with Crippen molar-refractivity contribution in [3.05, 3.63) is 59.7 Å². The van der Waals surface area contributed by atoms with Crippen LogP contribution in [0, 0.1) is 16.7 Å². The summed E-state index contributed by atoms with van der Waals surface area (Å²) >= 11 is 0. The highest BCUT2D eigenvalue weighted by atomic mass is 16.5. The molecule has 0 bridgehead atoms. The van der Waals surface area contributed by atoms with Gasteiger partial charge in [-0.2, -0.15) is 5.26 Å². The number of carboxylic acids is 1. The maximum atomic E-state index is 12.8. The molecule has 1 heterocycles. The van der Waals surface area contributed by atoms with Crippen molar-refractivity contribution in [2.75, 3.05) is 4.90 Å². The Balaban J connectivity index is 2.20. The van der Waals surface area contributed by atoms with Crippen LogP contribution in [0.2, 0.25) is 0 Å². The molecule has 3 rings (SSSR count). The monoisotopic (exact) mass is 393 g/mol. The van der Waals surface area contributed by atoms with E-state index >= 15 is 0 Å². The van der Waals surface area contributed by atoms with E-state index in [1.165, 1.54) is 0 Å². The predicted octanol–water partition coefficient (Wildman–Crippen LogP) is 5.17. The van der Waals surface area contributed by atoms with Gasteiger partial charge in [0.25, 0.3) is 0 Å². The molecule has 0 saturated carbocycles. The molecule has 0 unspecified atom stereocenters. The molecule has 5 nitrogen and oxygen atoms in total. The van der Waals surface area contributed by atoms with Crippen LogP contribution in [0.25, 0.3) is 0 Å². The number of carboxylic acid groups (broad SMARTS) is 1. The summed E-state index contributed by atoms with van der Waals surface area (Å²) in [6.45, 7) is 9.42. The summed E-state index contributed by atoms with van der Waals surface area (Å²) in [7, 11) is 0. The normalized spacial score (nSPS) is 21.9. The Kier molecular flexibility index (Phi) is 4.53. The van der Waals surface area contributed by atoms with Crippen molar-refractivity contribution >= 4 is 11.7 Å². The van der Waals surface area contributed by atoms with Crippen molar-refractivity contribution in [1.82, 2.24) is 0 Å². The van der Waals surface area contributed by atoms with Crippen LogP contribution in [-0.2, 0) is 4.79 Å². The average Bonchev–Trinajstić information content (AvgIpc) is 3.39. The van der Waals surface area contributed by atoms with Gasteiger partial charge in [0.05, 0.1) is 23.4 Å². The van der Waals surface area contributed by atoms with Gasteiger partial charge in [-0.25, -0.2) is 4.79 Å². The lowest BCUT2D eigenvalue weighted by Crippen LogP contribution is -2.42. The van der Waals surface area contributed by atoms with Crippen LogP contribution in [0.4, 0.5) is 5.69 Å². The Bertz CT molecular complexity index is 989. The molecule has 1 aliphatic rings. The SMILES string of the molecule is [2H]CC(C)(C)[C@@]1(C(=O)O)[C@H](c2ccc(C#N)cc2)N1c1ccccc1OC(C)(C)C. The third kappa shape index (κ3) is 3.44. The summed E-state index contributed by atoms with van der Waals surface area (Å²) in [6.07, 6.45) is 0. The minimum Gasteiger partial charge on any atom is -0.486 e. The van der Waals surface area contributed by atoms with Crippen LogP contribution in [-0.4, -0.2) is 22.2 Å². The van der Waals surface area contributed by atoms with E-state index in [0.717, 1.165) is 5.56 Å². The van der Waals surface area contributed by atoms with Crippen molar-refractivity contribution in [2.24, 2.45) is 5.41 Å². The summed E-state index contributed by atoms with van der Waals surface area (Å²) in [5, 5.41) is 19.6. The number of ether oxygens (including phenoxy) is 1. The fraction of sp³-hybridized carbons (Fsp3) is 0.417. The Hall–Kier alpha value is -3.00. The Morgan fingerprint density at radius 3 is 2.31 bits per heavy atom. The number of hydrogen-bond acceptors (Lipinski definition) is 4. The van der Waals surface area contributed by atoms with Gasteiger partial charge >= 0.3 is 5.97 Å². The topological polar surface area (TPSA) is 73.3 Å². The Labute approximate surface area is 173 Å². The zero-order chi connectivity index (χ0) is 22.3.